The summed E-state index contributed by atoms with van der Waals surface area (Å²) in [6.45, 7) is -2.94. The van der Waals surface area contributed by atoms with Crippen molar-refractivity contribution in [3.63, 3.8) is 0 Å². The van der Waals surface area contributed by atoms with Gasteiger partial charge in [-0.1, -0.05) is 47.5 Å². The third-order valence-corrected chi connectivity index (χ3v) is 9.49. The number of hydrogen-bond donors (Lipinski definition) is 0. The van der Waals surface area contributed by atoms with Crippen LogP contribution >= 0.6 is 23.2 Å². The van der Waals surface area contributed by atoms with Gasteiger partial charge in [-0.05, 0) is 48.6 Å². The lowest BCUT2D eigenvalue weighted by atomic mass is 10.00. The van der Waals surface area contributed by atoms with Crippen molar-refractivity contribution in [2.24, 2.45) is 11.8 Å². The number of ether oxygens (including phenoxy) is 3. The van der Waals surface area contributed by atoms with Crippen LogP contribution in [0.5, 0.6) is 11.5 Å². The summed E-state index contributed by atoms with van der Waals surface area (Å²) < 4.78 is 69.7. The molecule has 9 nitrogen and oxygen atoms in total. The zero-order valence-corrected chi connectivity index (χ0v) is 24.3. The highest BCUT2D eigenvalue weighted by Gasteiger charge is 2.42. The fourth-order valence-electron chi connectivity index (χ4n) is 4.42. The Morgan fingerprint density at radius 1 is 1.05 bits per heavy atom. The average molecular weight is 643 g/mol. The van der Waals surface area contributed by atoms with E-state index in [1.807, 2.05) is 0 Å². The quantitative estimate of drug-likeness (QED) is 0.152. The Hall–Kier alpha value is -3.19. The van der Waals surface area contributed by atoms with E-state index in [-0.39, 0.29) is 46.0 Å². The summed E-state index contributed by atoms with van der Waals surface area (Å²) in [6, 6.07) is 12.1. The first-order chi connectivity index (χ1) is 20.0. The van der Waals surface area contributed by atoms with Crippen LogP contribution in [0.3, 0.4) is 0 Å². The van der Waals surface area contributed by atoms with Crippen molar-refractivity contribution in [3.05, 3.63) is 87.3 Å². The summed E-state index contributed by atoms with van der Waals surface area (Å²) in [5.41, 5.74) is 0.688. The van der Waals surface area contributed by atoms with Crippen molar-refractivity contribution in [2.75, 3.05) is 19.7 Å². The lowest BCUT2D eigenvalue weighted by Gasteiger charge is -2.37. The molecule has 1 saturated heterocycles. The molecule has 0 bridgehead atoms. The molecule has 3 aromatic rings. The smallest absolute Gasteiger partial charge is 0.387 e. The fourth-order valence-corrected chi connectivity index (χ4v) is 6.57. The van der Waals surface area contributed by atoms with Crippen LogP contribution in [0.1, 0.15) is 30.1 Å². The summed E-state index contributed by atoms with van der Waals surface area (Å²) >= 11 is 12.6. The number of pyridine rings is 1. The molecule has 224 valence electrons. The van der Waals surface area contributed by atoms with E-state index >= 15 is 0 Å². The molecule has 5 rings (SSSR count). The van der Waals surface area contributed by atoms with Crippen LogP contribution in [-0.2, 0) is 26.0 Å². The second kappa shape index (κ2) is 12.6. The molecule has 1 saturated carbocycles. The summed E-state index contributed by atoms with van der Waals surface area (Å²) in [5.74, 6) is -1.23. The maximum Gasteiger partial charge on any atom is 0.387 e. The highest BCUT2D eigenvalue weighted by Crippen LogP contribution is 2.38. The predicted octanol–water partition coefficient (Wildman–Crippen LogP) is 5.16. The number of hydrogen-bond acceptors (Lipinski definition) is 7. The number of nitrogens with zero attached hydrogens (tertiary/aromatic N) is 2. The van der Waals surface area contributed by atoms with Crippen molar-refractivity contribution < 1.29 is 40.9 Å². The van der Waals surface area contributed by atoms with Crippen molar-refractivity contribution in [1.29, 1.82) is 0 Å². The molecule has 14 heteroatoms. The molecule has 0 N–H and O–H groups in total. The maximum absolute atomic E-state index is 13.2. The molecule has 1 aliphatic carbocycles. The summed E-state index contributed by atoms with van der Waals surface area (Å²) in [7, 11) is -3.77. The van der Waals surface area contributed by atoms with E-state index in [0.717, 1.165) is 25.2 Å². The van der Waals surface area contributed by atoms with Gasteiger partial charge < -0.3 is 19.4 Å². The van der Waals surface area contributed by atoms with Gasteiger partial charge in [0.25, 0.3) is 0 Å². The Balaban J connectivity index is 1.38. The lowest BCUT2D eigenvalue weighted by Crippen LogP contribution is -2.53. The van der Waals surface area contributed by atoms with E-state index in [9.17, 15) is 27.2 Å². The predicted molar refractivity (Wildman–Crippen MR) is 148 cm³/mol. The Labute approximate surface area is 251 Å². The van der Waals surface area contributed by atoms with Crippen LogP contribution in [0.15, 0.2) is 65.8 Å². The summed E-state index contributed by atoms with van der Waals surface area (Å²) in [6.07, 6.45) is 3.02. The van der Waals surface area contributed by atoms with Gasteiger partial charge in [-0.2, -0.15) is 17.8 Å². The Morgan fingerprint density at radius 2 is 1.71 bits per heavy atom. The molecule has 2 aromatic carbocycles. The van der Waals surface area contributed by atoms with Gasteiger partial charge in [0.15, 0.2) is 23.9 Å². The molecule has 2 heterocycles. The number of aromatic nitrogens is 1. The third kappa shape index (κ3) is 7.05. The number of alkyl halides is 2. The van der Waals surface area contributed by atoms with Gasteiger partial charge in [0.2, 0.25) is 10.0 Å². The molecule has 0 unspecified atom stereocenters. The number of halogens is 4. The van der Waals surface area contributed by atoms with Crippen LogP contribution in [0.25, 0.3) is 0 Å². The van der Waals surface area contributed by atoms with Gasteiger partial charge in [-0.25, -0.2) is 8.42 Å². The number of esters is 1. The largest absolute Gasteiger partial charge is 0.619 e. The van der Waals surface area contributed by atoms with E-state index in [2.05, 4.69) is 4.74 Å². The molecule has 0 amide bonds. The van der Waals surface area contributed by atoms with E-state index in [0.29, 0.717) is 28.4 Å². The first-order valence-corrected chi connectivity index (χ1v) is 15.2. The summed E-state index contributed by atoms with van der Waals surface area (Å²) in [5, 5.41) is 11.8. The number of sulfonamides is 1. The van der Waals surface area contributed by atoms with Crippen LogP contribution in [0, 0.1) is 17.0 Å². The molecule has 2 aliphatic rings. The number of benzene rings is 2. The minimum Gasteiger partial charge on any atom is -0.619 e. The SMILES string of the molecule is O=C(O[C@@H](Cc1c(Cl)c[n+]([O-])cc1Cl)c1ccc(OC(F)F)c(OCC2CC2)c1)C1CN(S(=O)(=O)c2ccccc2)C1. The van der Waals surface area contributed by atoms with Crippen molar-refractivity contribution in [2.45, 2.75) is 36.9 Å². The molecule has 1 aromatic heterocycles. The summed E-state index contributed by atoms with van der Waals surface area (Å²) in [4.78, 5) is 13.3. The lowest BCUT2D eigenvalue weighted by molar-refractivity contribution is -0.605. The van der Waals surface area contributed by atoms with Gasteiger partial charge >= 0.3 is 12.6 Å². The minimum absolute atomic E-state index is 0.0326. The minimum atomic E-state index is -3.77. The molecular formula is C28H26Cl2F2N2O7S. The van der Waals surface area contributed by atoms with Crippen molar-refractivity contribution in [3.8, 4) is 11.5 Å². The third-order valence-electron chi connectivity index (χ3n) is 7.00. The molecule has 0 radical (unpaired) electrons. The zero-order chi connectivity index (χ0) is 30.0. The van der Waals surface area contributed by atoms with Crippen LogP contribution < -0.4 is 14.2 Å². The van der Waals surface area contributed by atoms with Gasteiger partial charge in [0.1, 0.15) is 16.1 Å². The van der Waals surface area contributed by atoms with Crippen molar-refractivity contribution in [1.82, 2.24) is 4.31 Å². The van der Waals surface area contributed by atoms with E-state index in [4.69, 9.17) is 32.7 Å². The van der Waals surface area contributed by atoms with Crippen molar-refractivity contribution >= 4 is 39.2 Å². The fraction of sp³-hybridized carbons (Fsp3) is 0.357. The molecule has 1 atom stereocenters. The molecule has 0 spiro atoms. The first-order valence-electron chi connectivity index (χ1n) is 13.0. The Morgan fingerprint density at radius 3 is 2.33 bits per heavy atom. The second-order valence-corrected chi connectivity index (χ2v) is 12.8. The Kier molecular flexibility index (Phi) is 9.07. The normalized spacial score (nSPS) is 16.6. The monoisotopic (exact) mass is 642 g/mol. The molecular weight excluding hydrogens is 617 g/mol. The molecule has 42 heavy (non-hydrogen) atoms. The van der Waals surface area contributed by atoms with E-state index in [1.165, 1.54) is 34.6 Å². The second-order valence-electron chi connectivity index (χ2n) is 10.1. The number of carbonyl (C=O) groups is 1. The van der Waals surface area contributed by atoms with Crippen LogP contribution in [-0.4, -0.2) is 45.0 Å². The molecule has 2 fully saturated rings. The van der Waals surface area contributed by atoms with Gasteiger partial charge in [-0.15, -0.1) is 0 Å². The first kappa shape index (κ1) is 30.3. The van der Waals surface area contributed by atoms with E-state index in [1.54, 1.807) is 18.2 Å². The highest BCUT2D eigenvalue weighted by atomic mass is 35.5. The Bertz CT molecular complexity index is 1530. The van der Waals surface area contributed by atoms with Gasteiger partial charge in [0, 0.05) is 25.1 Å². The topological polar surface area (TPSA) is 109 Å². The molecule has 1 aliphatic heterocycles. The van der Waals surface area contributed by atoms with Gasteiger partial charge in [0.05, 0.1) is 17.4 Å². The number of rotatable bonds is 12. The zero-order valence-electron chi connectivity index (χ0n) is 22.0. The van der Waals surface area contributed by atoms with E-state index < -0.39 is 34.6 Å². The number of carbonyl (C=O) groups excluding carboxylic acids is 1. The standard InChI is InChI=1S/C28H26Cl2F2N2O7S/c29-22-14-33(36)15-23(30)21(22)11-25(18-8-9-24(41-28(31)32)26(10-18)39-16-17-6-7-17)40-27(35)19-12-34(13-19)42(37,38)20-4-2-1-3-5-20/h1-5,8-10,14-15,17,19,25,28H,6-7,11-13,16H2/t25-/m0/s1. The maximum atomic E-state index is 13.2. The van der Waals surface area contributed by atoms with Crippen LogP contribution in [0.2, 0.25) is 10.0 Å². The van der Waals surface area contributed by atoms with Crippen LogP contribution in [0.4, 0.5) is 8.78 Å². The van der Waals surface area contributed by atoms with Gasteiger partial charge in [-0.3, -0.25) is 4.79 Å². The average Bonchev–Trinajstić information content (AvgIpc) is 3.73. The highest BCUT2D eigenvalue weighted by molar-refractivity contribution is 7.89.